The topological polar surface area (TPSA) is 87.7 Å². The zero-order chi connectivity index (χ0) is 19.4. The van der Waals surface area contributed by atoms with Crippen molar-refractivity contribution in [3.05, 3.63) is 53.6 Å². The van der Waals surface area contributed by atoms with Crippen LogP contribution in [0.5, 0.6) is 5.75 Å². The molecule has 1 aliphatic rings. The normalized spacial score (nSPS) is 12.4. The van der Waals surface area contributed by atoms with Gasteiger partial charge in [-0.25, -0.2) is 0 Å². The van der Waals surface area contributed by atoms with Crippen molar-refractivity contribution in [2.75, 3.05) is 23.8 Å². The minimum absolute atomic E-state index is 0.00749. The van der Waals surface area contributed by atoms with Crippen LogP contribution in [0.2, 0.25) is 0 Å². The number of nitrogens with zero attached hydrogens (tertiary/aromatic N) is 1. The van der Waals surface area contributed by atoms with E-state index < -0.39 is 0 Å². The zero-order valence-electron chi connectivity index (χ0n) is 15.2. The Bertz CT molecular complexity index is 895. The number of carbonyl (C=O) groups excluding carboxylic acids is 3. The standard InChI is InChI=1S/C20H21N3O4/c1-3-23(13(2)24)11-14-5-4-6-16(9-14)21-20(26)15-7-8-17-18(10-15)27-12-19(25)22-17/h4-10H,3,11-12H2,1-2H3,(H,21,26)(H,22,25). The maximum Gasteiger partial charge on any atom is 0.262 e. The molecule has 1 aliphatic heterocycles. The first-order chi connectivity index (χ1) is 13.0. The van der Waals surface area contributed by atoms with E-state index in [2.05, 4.69) is 10.6 Å². The van der Waals surface area contributed by atoms with E-state index in [0.717, 1.165) is 5.56 Å². The van der Waals surface area contributed by atoms with Crippen LogP contribution in [0.3, 0.4) is 0 Å². The van der Waals surface area contributed by atoms with Gasteiger partial charge < -0.3 is 20.3 Å². The third-order valence-electron chi connectivity index (χ3n) is 4.26. The van der Waals surface area contributed by atoms with Crippen molar-refractivity contribution in [2.24, 2.45) is 0 Å². The first-order valence-corrected chi connectivity index (χ1v) is 8.68. The van der Waals surface area contributed by atoms with Crippen molar-refractivity contribution in [1.82, 2.24) is 4.90 Å². The van der Waals surface area contributed by atoms with Gasteiger partial charge in [0, 0.05) is 31.3 Å². The maximum absolute atomic E-state index is 12.5. The largest absolute Gasteiger partial charge is 0.482 e. The Hall–Kier alpha value is -3.35. The fourth-order valence-electron chi connectivity index (χ4n) is 2.83. The second-order valence-corrected chi connectivity index (χ2v) is 6.24. The number of nitrogens with one attached hydrogen (secondary N) is 2. The smallest absolute Gasteiger partial charge is 0.262 e. The van der Waals surface area contributed by atoms with E-state index in [1.54, 1.807) is 29.2 Å². The van der Waals surface area contributed by atoms with E-state index in [9.17, 15) is 14.4 Å². The predicted octanol–water partition coefficient (Wildman–Crippen LogP) is 2.64. The molecular weight excluding hydrogens is 346 g/mol. The lowest BCUT2D eigenvalue weighted by Crippen LogP contribution is -2.27. The molecule has 7 nitrogen and oxygen atoms in total. The highest BCUT2D eigenvalue weighted by Crippen LogP contribution is 2.28. The van der Waals surface area contributed by atoms with Crippen molar-refractivity contribution in [3.8, 4) is 5.75 Å². The summed E-state index contributed by atoms with van der Waals surface area (Å²) in [4.78, 5) is 37.2. The van der Waals surface area contributed by atoms with Crippen LogP contribution < -0.4 is 15.4 Å². The summed E-state index contributed by atoms with van der Waals surface area (Å²) >= 11 is 0. The molecule has 0 aliphatic carbocycles. The fourth-order valence-corrected chi connectivity index (χ4v) is 2.83. The number of carbonyl (C=O) groups is 3. The molecule has 1 heterocycles. The van der Waals surface area contributed by atoms with Gasteiger partial charge in [-0.15, -0.1) is 0 Å². The molecule has 27 heavy (non-hydrogen) atoms. The quantitative estimate of drug-likeness (QED) is 0.850. The van der Waals surface area contributed by atoms with Crippen molar-refractivity contribution >= 4 is 29.1 Å². The molecule has 0 bridgehead atoms. The van der Waals surface area contributed by atoms with Crippen molar-refractivity contribution in [2.45, 2.75) is 20.4 Å². The first-order valence-electron chi connectivity index (χ1n) is 8.68. The molecule has 0 spiro atoms. The zero-order valence-corrected chi connectivity index (χ0v) is 15.2. The van der Waals surface area contributed by atoms with E-state index in [-0.39, 0.29) is 24.3 Å². The monoisotopic (exact) mass is 367 g/mol. The highest BCUT2D eigenvalue weighted by Gasteiger charge is 2.18. The average molecular weight is 367 g/mol. The molecule has 3 rings (SSSR count). The maximum atomic E-state index is 12.5. The van der Waals surface area contributed by atoms with Gasteiger partial charge in [-0.3, -0.25) is 14.4 Å². The highest BCUT2D eigenvalue weighted by molar-refractivity contribution is 6.05. The number of amides is 3. The molecule has 0 aromatic heterocycles. The molecule has 2 aromatic carbocycles. The minimum Gasteiger partial charge on any atom is -0.482 e. The van der Waals surface area contributed by atoms with Gasteiger partial charge >= 0.3 is 0 Å². The van der Waals surface area contributed by atoms with Gasteiger partial charge in [0.2, 0.25) is 5.91 Å². The number of benzene rings is 2. The Labute approximate surface area is 157 Å². The van der Waals surface area contributed by atoms with E-state index >= 15 is 0 Å². The van der Waals surface area contributed by atoms with Gasteiger partial charge in [0.15, 0.2) is 6.61 Å². The van der Waals surface area contributed by atoms with Crippen LogP contribution in [0.25, 0.3) is 0 Å². The Morgan fingerprint density at radius 3 is 2.78 bits per heavy atom. The summed E-state index contributed by atoms with van der Waals surface area (Å²) in [7, 11) is 0. The van der Waals surface area contributed by atoms with Crippen LogP contribution in [-0.2, 0) is 16.1 Å². The molecule has 0 unspecified atom stereocenters. The second kappa shape index (κ2) is 7.90. The molecular formula is C20H21N3O4. The molecule has 3 amide bonds. The summed E-state index contributed by atoms with van der Waals surface area (Å²) in [5.41, 5.74) is 2.55. The number of anilines is 2. The molecule has 0 saturated heterocycles. The van der Waals surface area contributed by atoms with Crippen LogP contribution in [0.1, 0.15) is 29.8 Å². The molecule has 2 N–H and O–H groups in total. The summed E-state index contributed by atoms with van der Waals surface area (Å²) in [6.45, 7) is 4.51. The summed E-state index contributed by atoms with van der Waals surface area (Å²) in [5, 5.41) is 5.54. The van der Waals surface area contributed by atoms with E-state index in [1.165, 1.54) is 6.92 Å². The molecule has 0 fully saturated rings. The summed E-state index contributed by atoms with van der Waals surface area (Å²) in [6, 6.07) is 12.3. The van der Waals surface area contributed by atoms with Crippen LogP contribution in [-0.4, -0.2) is 35.8 Å². The molecule has 0 atom stereocenters. The Kier molecular flexibility index (Phi) is 5.40. The molecule has 2 aromatic rings. The highest BCUT2D eigenvalue weighted by atomic mass is 16.5. The Balaban J connectivity index is 1.72. The van der Waals surface area contributed by atoms with Crippen molar-refractivity contribution < 1.29 is 19.1 Å². The van der Waals surface area contributed by atoms with Gasteiger partial charge in [0.05, 0.1) is 5.69 Å². The minimum atomic E-state index is -0.283. The van der Waals surface area contributed by atoms with Crippen LogP contribution >= 0.6 is 0 Å². The van der Waals surface area contributed by atoms with Crippen LogP contribution in [0.4, 0.5) is 11.4 Å². The Morgan fingerprint density at radius 1 is 1.22 bits per heavy atom. The number of fused-ring (bicyclic) bond motifs is 1. The van der Waals surface area contributed by atoms with Gasteiger partial charge in [-0.2, -0.15) is 0 Å². The number of hydrogen-bond donors (Lipinski definition) is 2. The van der Waals surface area contributed by atoms with Gasteiger partial charge in [0.1, 0.15) is 5.75 Å². The molecule has 7 heteroatoms. The lowest BCUT2D eigenvalue weighted by Gasteiger charge is -2.19. The average Bonchev–Trinajstić information content (AvgIpc) is 2.65. The van der Waals surface area contributed by atoms with Gasteiger partial charge in [-0.1, -0.05) is 12.1 Å². The predicted molar refractivity (Wildman–Crippen MR) is 102 cm³/mol. The summed E-state index contributed by atoms with van der Waals surface area (Å²) in [6.07, 6.45) is 0. The number of hydrogen-bond acceptors (Lipinski definition) is 4. The van der Waals surface area contributed by atoms with E-state index in [0.29, 0.717) is 35.8 Å². The number of ether oxygens (including phenoxy) is 1. The second-order valence-electron chi connectivity index (χ2n) is 6.24. The SMILES string of the molecule is CCN(Cc1cccc(NC(=O)c2ccc3c(c2)OCC(=O)N3)c1)C(C)=O. The van der Waals surface area contributed by atoms with Crippen LogP contribution in [0.15, 0.2) is 42.5 Å². The van der Waals surface area contributed by atoms with E-state index in [4.69, 9.17) is 4.74 Å². The summed E-state index contributed by atoms with van der Waals surface area (Å²) in [5.74, 6) is -0.0262. The summed E-state index contributed by atoms with van der Waals surface area (Å²) < 4.78 is 5.34. The lowest BCUT2D eigenvalue weighted by molar-refractivity contribution is -0.129. The molecule has 140 valence electrons. The van der Waals surface area contributed by atoms with E-state index in [1.807, 2.05) is 25.1 Å². The van der Waals surface area contributed by atoms with Crippen LogP contribution in [0, 0.1) is 0 Å². The Morgan fingerprint density at radius 2 is 2.04 bits per heavy atom. The lowest BCUT2D eigenvalue weighted by atomic mass is 10.1. The first kappa shape index (κ1) is 18.4. The van der Waals surface area contributed by atoms with Gasteiger partial charge in [-0.05, 0) is 42.8 Å². The van der Waals surface area contributed by atoms with Crippen molar-refractivity contribution in [1.29, 1.82) is 0 Å². The molecule has 0 radical (unpaired) electrons. The third-order valence-corrected chi connectivity index (χ3v) is 4.26. The number of rotatable bonds is 5. The third kappa shape index (κ3) is 4.44. The fraction of sp³-hybridized carbons (Fsp3) is 0.250. The molecule has 0 saturated carbocycles. The van der Waals surface area contributed by atoms with Crippen molar-refractivity contribution in [3.63, 3.8) is 0 Å². The van der Waals surface area contributed by atoms with Gasteiger partial charge in [0.25, 0.3) is 11.8 Å².